The molecule has 0 amide bonds. The van der Waals surface area contributed by atoms with E-state index in [9.17, 15) is 8.42 Å². The molecule has 1 heterocycles. The van der Waals surface area contributed by atoms with Crippen LogP contribution in [0.1, 0.15) is 19.3 Å². The maximum Gasteiger partial charge on any atom is 0.246 e. The molecule has 0 radical (unpaired) electrons. The third-order valence-corrected chi connectivity index (χ3v) is 6.04. The molecule has 2 rings (SSSR count). The molecular formula is C14H21BrN2O3S. The zero-order valence-corrected chi connectivity index (χ0v) is 14.7. The fourth-order valence-electron chi connectivity index (χ4n) is 2.51. The van der Waals surface area contributed by atoms with Crippen molar-refractivity contribution in [1.82, 2.24) is 9.62 Å². The zero-order chi connectivity index (χ0) is 15.5. The van der Waals surface area contributed by atoms with Crippen LogP contribution in [0, 0.1) is 0 Å². The number of likely N-dealkylation sites (N-methyl/N-ethyl adjacent to an activating group) is 1. The molecule has 7 heteroatoms. The molecule has 1 unspecified atom stereocenters. The van der Waals surface area contributed by atoms with Crippen molar-refractivity contribution < 1.29 is 13.2 Å². The van der Waals surface area contributed by atoms with Crippen molar-refractivity contribution in [2.75, 3.05) is 27.2 Å². The molecule has 118 valence electrons. The average molecular weight is 377 g/mol. The van der Waals surface area contributed by atoms with Gasteiger partial charge in [0.05, 0.1) is 7.11 Å². The predicted octanol–water partition coefficient (Wildman–Crippen LogP) is 2.22. The Morgan fingerprint density at radius 1 is 1.43 bits per heavy atom. The smallest absolute Gasteiger partial charge is 0.246 e. The van der Waals surface area contributed by atoms with Gasteiger partial charge in [-0.1, -0.05) is 22.4 Å². The van der Waals surface area contributed by atoms with Crippen LogP contribution >= 0.6 is 15.9 Å². The highest BCUT2D eigenvalue weighted by molar-refractivity contribution is 9.10. The Bertz CT molecular complexity index is 586. The normalized spacial score (nSPS) is 19.7. The second-order valence-electron chi connectivity index (χ2n) is 5.23. The van der Waals surface area contributed by atoms with E-state index >= 15 is 0 Å². The molecule has 5 nitrogen and oxygen atoms in total. The van der Waals surface area contributed by atoms with Gasteiger partial charge in [-0.05, 0) is 37.6 Å². The summed E-state index contributed by atoms with van der Waals surface area (Å²) in [5, 5.41) is 3.37. The first-order chi connectivity index (χ1) is 9.95. The third-order valence-electron chi connectivity index (χ3n) is 3.70. The van der Waals surface area contributed by atoms with Crippen molar-refractivity contribution in [1.29, 1.82) is 0 Å². The van der Waals surface area contributed by atoms with E-state index in [4.69, 9.17) is 4.74 Å². The van der Waals surface area contributed by atoms with E-state index in [1.54, 1.807) is 25.2 Å². The van der Waals surface area contributed by atoms with E-state index in [1.165, 1.54) is 11.4 Å². The summed E-state index contributed by atoms with van der Waals surface area (Å²) in [6.45, 7) is 1.43. The second kappa shape index (κ2) is 7.09. The van der Waals surface area contributed by atoms with Crippen LogP contribution in [-0.4, -0.2) is 46.0 Å². The Hall–Kier alpha value is -0.630. The molecule has 0 bridgehead atoms. The highest BCUT2D eigenvalue weighted by Crippen LogP contribution is 2.29. The number of piperidine rings is 1. The van der Waals surface area contributed by atoms with Crippen molar-refractivity contribution >= 4 is 26.0 Å². The number of nitrogens with zero attached hydrogens (tertiary/aromatic N) is 1. The molecule has 0 aliphatic carbocycles. The quantitative estimate of drug-likeness (QED) is 0.855. The molecule has 1 aliphatic rings. The molecule has 1 aromatic carbocycles. The van der Waals surface area contributed by atoms with Gasteiger partial charge in [-0.3, -0.25) is 0 Å². The van der Waals surface area contributed by atoms with Crippen molar-refractivity contribution in [3.8, 4) is 5.75 Å². The molecular weight excluding hydrogens is 356 g/mol. The van der Waals surface area contributed by atoms with Gasteiger partial charge in [-0.2, -0.15) is 4.31 Å². The molecule has 1 aliphatic heterocycles. The molecule has 21 heavy (non-hydrogen) atoms. The number of methoxy groups -OCH3 is 1. The van der Waals surface area contributed by atoms with E-state index < -0.39 is 10.0 Å². The Morgan fingerprint density at radius 2 is 2.19 bits per heavy atom. The lowest BCUT2D eigenvalue weighted by Crippen LogP contribution is -2.44. The minimum atomic E-state index is -3.57. The summed E-state index contributed by atoms with van der Waals surface area (Å²) < 4.78 is 32.8. The lowest BCUT2D eigenvalue weighted by molar-refractivity contribution is 0.336. The van der Waals surface area contributed by atoms with Crippen LogP contribution in [0.3, 0.4) is 0 Å². The van der Waals surface area contributed by atoms with Crippen LogP contribution < -0.4 is 10.1 Å². The average Bonchev–Trinajstić information content (AvgIpc) is 2.48. The number of hydrogen-bond donors (Lipinski definition) is 1. The first-order valence-corrected chi connectivity index (χ1v) is 9.21. The van der Waals surface area contributed by atoms with E-state index in [-0.39, 0.29) is 10.9 Å². The summed E-state index contributed by atoms with van der Waals surface area (Å²) in [5.74, 6) is 0.363. The van der Waals surface area contributed by atoms with Gasteiger partial charge in [0.25, 0.3) is 0 Å². The standard InChI is InChI=1S/C14H21BrN2O3S/c1-17(10-12-5-3-4-8-16-12)21(18,19)14-9-11(15)6-7-13(14)20-2/h6-7,9,12,16H,3-5,8,10H2,1-2H3. The topological polar surface area (TPSA) is 58.6 Å². The van der Waals surface area contributed by atoms with Gasteiger partial charge in [-0.25, -0.2) is 8.42 Å². The number of rotatable bonds is 5. The minimum absolute atomic E-state index is 0.192. The van der Waals surface area contributed by atoms with Crippen LogP contribution in [0.4, 0.5) is 0 Å². The number of sulfonamides is 1. The Kier molecular flexibility index (Phi) is 5.65. The van der Waals surface area contributed by atoms with Crippen LogP contribution in [0.15, 0.2) is 27.6 Å². The van der Waals surface area contributed by atoms with Crippen molar-refractivity contribution in [2.45, 2.75) is 30.2 Å². The fourth-order valence-corrected chi connectivity index (χ4v) is 4.41. The highest BCUT2D eigenvalue weighted by Gasteiger charge is 2.27. The van der Waals surface area contributed by atoms with Crippen LogP contribution in [0.5, 0.6) is 5.75 Å². The van der Waals surface area contributed by atoms with Gasteiger partial charge in [0.1, 0.15) is 10.6 Å². The van der Waals surface area contributed by atoms with E-state index in [0.717, 1.165) is 25.8 Å². The minimum Gasteiger partial charge on any atom is -0.495 e. The number of ether oxygens (including phenoxy) is 1. The van der Waals surface area contributed by atoms with Crippen LogP contribution in [0.2, 0.25) is 0 Å². The fraction of sp³-hybridized carbons (Fsp3) is 0.571. The molecule has 1 N–H and O–H groups in total. The predicted molar refractivity (Wildman–Crippen MR) is 86.2 cm³/mol. The Balaban J connectivity index is 2.22. The van der Waals surface area contributed by atoms with Gasteiger partial charge >= 0.3 is 0 Å². The Labute approximate surface area is 134 Å². The first-order valence-electron chi connectivity index (χ1n) is 6.98. The SMILES string of the molecule is COc1ccc(Br)cc1S(=O)(=O)N(C)CC1CCCCN1. The second-order valence-corrected chi connectivity index (χ2v) is 8.16. The van der Waals surface area contributed by atoms with E-state index in [1.807, 2.05) is 0 Å². The van der Waals surface area contributed by atoms with Gasteiger partial charge in [0.2, 0.25) is 10.0 Å². The first kappa shape index (κ1) is 16.7. The lowest BCUT2D eigenvalue weighted by atomic mass is 10.1. The largest absolute Gasteiger partial charge is 0.495 e. The molecule has 1 aromatic rings. The molecule has 1 atom stereocenters. The van der Waals surface area contributed by atoms with Crippen LogP contribution in [-0.2, 0) is 10.0 Å². The summed E-state index contributed by atoms with van der Waals surface area (Å²) in [6.07, 6.45) is 3.31. The monoisotopic (exact) mass is 376 g/mol. The maximum atomic E-state index is 12.7. The van der Waals surface area contributed by atoms with Gasteiger partial charge in [-0.15, -0.1) is 0 Å². The maximum absolute atomic E-state index is 12.7. The summed E-state index contributed by atoms with van der Waals surface area (Å²) in [5.41, 5.74) is 0. The van der Waals surface area contributed by atoms with Crippen molar-refractivity contribution in [3.05, 3.63) is 22.7 Å². The molecule has 0 aromatic heterocycles. The van der Waals surface area contributed by atoms with E-state index in [0.29, 0.717) is 16.8 Å². The van der Waals surface area contributed by atoms with Crippen molar-refractivity contribution in [2.24, 2.45) is 0 Å². The summed E-state index contributed by atoms with van der Waals surface area (Å²) in [6, 6.07) is 5.22. The number of benzene rings is 1. The van der Waals surface area contributed by atoms with Crippen LogP contribution in [0.25, 0.3) is 0 Å². The third kappa shape index (κ3) is 3.97. The van der Waals surface area contributed by atoms with Gasteiger partial charge < -0.3 is 10.1 Å². The number of hydrogen-bond acceptors (Lipinski definition) is 4. The van der Waals surface area contributed by atoms with Gasteiger partial charge in [0.15, 0.2) is 0 Å². The summed E-state index contributed by atoms with van der Waals surface area (Å²) >= 11 is 3.31. The lowest BCUT2D eigenvalue weighted by Gasteiger charge is -2.28. The summed E-state index contributed by atoms with van der Waals surface area (Å²) in [4.78, 5) is 0.192. The van der Waals surface area contributed by atoms with Gasteiger partial charge in [0, 0.05) is 24.1 Å². The molecule has 1 fully saturated rings. The number of nitrogens with one attached hydrogen (secondary N) is 1. The van der Waals surface area contributed by atoms with E-state index in [2.05, 4.69) is 21.2 Å². The molecule has 1 saturated heterocycles. The highest BCUT2D eigenvalue weighted by atomic mass is 79.9. The number of halogens is 1. The summed E-state index contributed by atoms with van der Waals surface area (Å²) in [7, 11) is -0.471. The Morgan fingerprint density at radius 3 is 2.81 bits per heavy atom. The molecule has 0 saturated carbocycles. The zero-order valence-electron chi connectivity index (χ0n) is 12.3. The van der Waals surface area contributed by atoms with Crippen molar-refractivity contribution in [3.63, 3.8) is 0 Å². The molecule has 0 spiro atoms.